The second kappa shape index (κ2) is 74.3. The summed E-state index contributed by atoms with van der Waals surface area (Å²) < 4.78 is 11.3. The van der Waals surface area contributed by atoms with Gasteiger partial charge in [0.25, 0.3) is 0 Å². The van der Waals surface area contributed by atoms with Gasteiger partial charge in [0.2, 0.25) is 5.91 Å². The summed E-state index contributed by atoms with van der Waals surface area (Å²) in [5, 5.41) is 54.9. The topological polar surface area (TPSA) is 149 Å². The maximum absolute atomic E-state index is 13.2. The lowest BCUT2D eigenvalue weighted by Gasteiger charge is -2.40. The zero-order valence-electron chi connectivity index (χ0n) is 62.7. The molecule has 0 saturated carbocycles. The van der Waals surface area contributed by atoms with Gasteiger partial charge in [0.05, 0.1) is 25.4 Å². The van der Waals surface area contributed by atoms with Crippen molar-refractivity contribution < 1.29 is 39.8 Å². The average molecular weight is 1340 g/mol. The summed E-state index contributed by atoms with van der Waals surface area (Å²) in [4.78, 5) is 13.2. The number of allylic oxidation sites excluding steroid dienone is 11. The van der Waals surface area contributed by atoms with Gasteiger partial charge in [0.15, 0.2) is 6.29 Å². The molecule has 1 amide bonds. The van der Waals surface area contributed by atoms with Crippen molar-refractivity contribution in [3.05, 3.63) is 72.9 Å². The zero-order chi connectivity index (χ0) is 68.5. The Morgan fingerprint density at radius 2 is 0.632 bits per heavy atom. The summed E-state index contributed by atoms with van der Waals surface area (Å²) in [5.41, 5.74) is 0. The lowest BCUT2D eigenvalue weighted by Crippen LogP contribution is -2.60. The quantitative estimate of drug-likeness (QED) is 0.0261. The Morgan fingerprint density at radius 1 is 0.358 bits per heavy atom. The van der Waals surface area contributed by atoms with Crippen molar-refractivity contribution in [3.63, 3.8) is 0 Å². The predicted molar refractivity (Wildman–Crippen MR) is 410 cm³/mol. The first-order valence-corrected chi connectivity index (χ1v) is 41.7. The molecular weight excluding hydrogens is 1170 g/mol. The van der Waals surface area contributed by atoms with Crippen LogP contribution in [0.3, 0.4) is 0 Å². The Morgan fingerprint density at radius 3 is 0.958 bits per heavy atom. The van der Waals surface area contributed by atoms with Gasteiger partial charge >= 0.3 is 0 Å². The van der Waals surface area contributed by atoms with Crippen molar-refractivity contribution in [2.75, 3.05) is 13.2 Å². The second-order valence-corrected chi connectivity index (χ2v) is 28.9. The largest absolute Gasteiger partial charge is 0.394 e. The van der Waals surface area contributed by atoms with Crippen molar-refractivity contribution in [1.82, 2.24) is 5.32 Å². The molecule has 9 nitrogen and oxygen atoms in total. The number of unbranched alkanes of at least 4 members (excludes halogenated alkanes) is 54. The molecule has 7 atom stereocenters. The van der Waals surface area contributed by atoms with Crippen LogP contribution in [0.1, 0.15) is 412 Å². The standard InChI is InChI=1S/C86H159NO8/c1-3-5-7-9-11-13-15-17-19-21-23-25-27-29-31-33-35-37-38-39-40-41-42-44-46-48-50-52-54-56-58-60-62-64-66-68-70-72-74-76-82(90)87-79(78-94-86-85(93)84(92)83(91)81(77-88)95-86)80(89)75-73-71-69-67-65-63-61-59-57-55-53-51-49-47-45-43-36-34-32-30-28-26-24-22-20-18-16-14-12-10-8-6-4-2/h15,17,21,23,27,29,57,59,65,67,73,75,79-81,83-86,88-89,91-93H,3-14,16,18-20,22,24-26,28,30-56,58,60-64,66,68-72,74,76-78H2,1-2H3,(H,87,90)/b17-15-,23-21-,29-27-,59-57+,67-65+,75-73+. The highest BCUT2D eigenvalue weighted by molar-refractivity contribution is 5.76. The van der Waals surface area contributed by atoms with Crippen LogP contribution in [-0.2, 0) is 14.3 Å². The Kier molecular flexibility index (Phi) is 70.9. The predicted octanol–water partition coefficient (Wildman–Crippen LogP) is 24.2. The van der Waals surface area contributed by atoms with E-state index in [2.05, 4.69) is 79.9 Å². The third kappa shape index (κ3) is 62.4. The lowest BCUT2D eigenvalue weighted by molar-refractivity contribution is -0.302. The summed E-state index contributed by atoms with van der Waals surface area (Å²) in [6.45, 7) is 3.80. The molecule has 556 valence electrons. The molecule has 9 heteroatoms. The van der Waals surface area contributed by atoms with Crippen molar-refractivity contribution in [1.29, 1.82) is 0 Å². The summed E-state index contributed by atoms with van der Waals surface area (Å²) in [5.74, 6) is -0.184. The van der Waals surface area contributed by atoms with Gasteiger partial charge in [0.1, 0.15) is 24.4 Å². The van der Waals surface area contributed by atoms with Crippen LogP contribution in [0.15, 0.2) is 72.9 Å². The van der Waals surface area contributed by atoms with E-state index in [0.29, 0.717) is 6.42 Å². The Bertz CT molecular complexity index is 1740. The summed E-state index contributed by atoms with van der Waals surface area (Å²) in [6, 6.07) is -0.832. The number of aliphatic hydroxyl groups excluding tert-OH is 5. The van der Waals surface area contributed by atoms with Crippen LogP contribution in [0.25, 0.3) is 0 Å². The summed E-state index contributed by atoms with van der Waals surface area (Å²) in [6.07, 6.45) is 99.3. The maximum atomic E-state index is 13.2. The van der Waals surface area contributed by atoms with Crippen LogP contribution in [0.4, 0.5) is 0 Å². The number of ether oxygens (including phenoxy) is 2. The number of aliphatic hydroxyl groups is 5. The van der Waals surface area contributed by atoms with Gasteiger partial charge in [-0.1, -0.05) is 395 Å². The third-order valence-corrected chi connectivity index (χ3v) is 19.7. The van der Waals surface area contributed by atoms with E-state index in [1.54, 1.807) is 6.08 Å². The smallest absolute Gasteiger partial charge is 0.220 e. The van der Waals surface area contributed by atoms with E-state index in [9.17, 15) is 30.3 Å². The van der Waals surface area contributed by atoms with Gasteiger partial charge in [-0.3, -0.25) is 4.79 Å². The van der Waals surface area contributed by atoms with Gasteiger partial charge in [-0.05, 0) is 83.5 Å². The SMILES string of the molecule is CCCCCCC/C=C\C/C=C\C/C=C\CCCCCCCCCCCCCCCCCCCCCCCCCCC(=O)NC(COC1OC(CO)C(O)C(O)C1O)C(O)/C=C/CC/C=C/CC/C=C/CCCCCCCCCCCCCCCCCCCCCCCCC. The minimum atomic E-state index is -1.58. The highest BCUT2D eigenvalue weighted by Gasteiger charge is 2.44. The maximum Gasteiger partial charge on any atom is 0.220 e. The monoisotopic (exact) mass is 1330 g/mol. The molecule has 7 unspecified atom stereocenters. The van der Waals surface area contributed by atoms with Crippen LogP contribution in [0.5, 0.6) is 0 Å². The van der Waals surface area contributed by atoms with Crippen LogP contribution >= 0.6 is 0 Å². The molecule has 0 aromatic rings. The molecule has 1 aliphatic heterocycles. The average Bonchev–Trinajstić information content (AvgIpc) is 0.836. The van der Waals surface area contributed by atoms with Gasteiger partial charge in [0, 0.05) is 6.42 Å². The highest BCUT2D eigenvalue weighted by atomic mass is 16.7. The number of carbonyl (C=O) groups is 1. The van der Waals surface area contributed by atoms with E-state index in [0.717, 1.165) is 57.8 Å². The van der Waals surface area contributed by atoms with E-state index < -0.39 is 49.5 Å². The van der Waals surface area contributed by atoms with E-state index in [-0.39, 0.29) is 12.5 Å². The molecule has 1 fully saturated rings. The molecule has 1 aliphatic rings. The Hall–Kier alpha value is -2.37. The second-order valence-electron chi connectivity index (χ2n) is 28.9. The third-order valence-electron chi connectivity index (χ3n) is 19.7. The van der Waals surface area contributed by atoms with Crippen molar-refractivity contribution in [2.24, 2.45) is 0 Å². The molecule has 0 bridgehead atoms. The van der Waals surface area contributed by atoms with Gasteiger partial charge in [-0.15, -0.1) is 0 Å². The first-order valence-electron chi connectivity index (χ1n) is 41.7. The van der Waals surface area contributed by atoms with E-state index in [1.165, 1.54) is 334 Å². The number of nitrogens with one attached hydrogen (secondary N) is 1. The van der Waals surface area contributed by atoms with Crippen molar-refractivity contribution in [3.8, 4) is 0 Å². The minimum Gasteiger partial charge on any atom is -0.394 e. The van der Waals surface area contributed by atoms with Crippen LogP contribution in [0.2, 0.25) is 0 Å². The molecule has 1 saturated heterocycles. The van der Waals surface area contributed by atoms with E-state index >= 15 is 0 Å². The van der Waals surface area contributed by atoms with Gasteiger partial charge in [-0.2, -0.15) is 0 Å². The summed E-state index contributed by atoms with van der Waals surface area (Å²) in [7, 11) is 0. The van der Waals surface area contributed by atoms with E-state index in [4.69, 9.17) is 9.47 Å². The fourth-order valence-corrected chi connectivity index (χ4v) is 13.3. The number of amides is 1. The fraction of sp³-hybridized carbons (Fsp3) is 0.849. The van der Waals surface area contributed by atoms with Crippen LogP contribution in [0, 0.1) is 0 Å². The summed E-state index contributed by atoms with van der Waals surface area (Å²) >= 11 is 0. The van der Waals surface area contributed by atoms with E-state index in [1.807, 2.05) is 6.08 Å². The molecule has 1 heterocycles. The molecule has 0 spiro atoms. The van der Waals surface area contributed by atoms with Crippen LogP contribution in [-0.4, -0.2) is 87.5 Å². The molecule has 0 aromatic carbocycles. The molecule has 95 heavy (non-hydrogen) atoms. The molecule has 0 aliphatic carbocycles. The Balaban J connectivity index is 2.07. The Labute approximate surface area is 589 Å². The lowest BCUT2D eigenvalue weighted by atomic mass is 9.99. The normalized spacial score (nSPS) is 17.8. The van der Waals surface area contributed by atoms with Gasteiger partial charge in [-0.25, -0.2) is 0 Å². The molecule has 6 N–H and O–H groups in total. The highest BCUT2D eigenvalue weighted by Crippen LogP contribution is 2.24. The van der Waals surface area contributed by atoms with Gasteiger partial charge < -0.3 is 40.3 Å². The molecule has 1 rings (SSSR count). The number of hydrogen-bond acceptors (Lipinski definition) is 8. The van der Waals surface area contributed by atoms with Crippen molar-refractivity contribution >= 4 is 5.91 Å². The molecule has 0 aromatic heterocycles. The number of rotatable bonds is 74. The number of hydrogen-bond donors (Lipinski definition) is 6. The minimum absolute atomic E-state index is 0.184. The molecular formula is C86H159NO8. The van der Waals surface area contributed by atoms with Crippen LogP contribution < -0.4 is 5.32 Å². The first-order chi connectivity index (χ1) is 46.8. The first kappa shape index (κ1) is 90.6. The number of carbonyl (C=O) groups excluding carboxylic acids is 1. The van der Waals surface area contributed by atoms with Crippen molar-refractivity contribution in [2.45, 2.75) is 455 Å². The fourth-order valence-electron chi connectivity index (χ4n) is 13.3. The molecule has 0 radical (unpaired) electrons. The zero-order valence-corrected chi connectivity index (χ0v) is 62.7.